The number of likely N-dealkylation sites (tertiary alicyclic amines) is 1. The molecule has 5 heteroatoms. The van der Waals surface area contributed by atoms with Crippen LogP contribution in [0.2, 0.25) is 5.02 Å². The van der Waals surface area contributed by atoms with Gasteiger partial charge >= 0.3 is 0 Å². The van der Waals surface area contributed by atoms with Gasteiger partial charge in [0.2, 0.25) is 0 Å². The van der Waals surface area contributed by atoms with Gasteiger partial charge in [0.1, 0.15) is 0 Å². The van der Waals surface area contributed by atoms with Crippen LogP contribution >= 0.6 is 11.6 Å². The van der Waals surface area contributed by atoms with Crippen molar-refractivity contribution in [3.05, 3.63) is 41.4 Å². The summed E-state index contributed by atoms with van der Waals surface area (Å²) in [6.45, 7) is 4.19. The van der Waals surface area contributed by atoms with E-state index < -0.39 is 0 Å². The minimum absolute atomic E-state index is 0.666. The predicted molar refractivity (Wildman–Crippen MR) is 107 cm³/mol. The molecule has 0 unspecified atom stereocenters. The number of fused-ring (bicyclic) bond motifs is 2. The first-order valence-corrected chi connectivity index (χ1v) is 9.55. The van der Waals surface area contributed by atoms with Crippen molar-refractivity contribution >= 4 is 33.4 Å². The second-order valence-corrected chi connectivity index (χ2v) is 7.09. The summed E-state index contributed by atoms with van der Waals surface area (Å²) in [6.07, 6.45) is 3.65. The second kappa shape index (κ2) is 7.68. The molecule has 0 aliphatic carbocycles. The number of aromatic nitrogens is 1. The fourth-order valence-electron chi connectivity index (χ4n) is 3.60. The van der Waals surface area contributed by atoms with Crippen LogP contribution in [-0.2, 0) is 0 Å². The molecule has 0 N–H and O–H groups in total. The van der Waals surface area contributed by atoms with Crippen molar-refractivity contribution in [1.29, 1.82) is 0 Å². The molecule has 136 valence electrons. The number of pyridine rings is 1. The van der Waals surface area contributed by atoms with Crippen LogP contribution in [0.5, 0.6) is 11.5 Å². The van der Waals surface area contributed by atoms with Crippen molar-refractivity contribution in [3.8, 4) is 11.5 Å². The third-order valence-electron chi connectivity index (χ3n) is 4.97. The third kappa shape index (κ3) is 3.44. The van der Waals surface area contributed by atoms with E-state index in [0.29, 0.717) is 17.4 Å². The number of benzene rings is 2. The molecule has 1 aliphatic heterocycles. The van der Waals surface area contributed by atoms with Crippen LogP contribution in [0.4, 0.5) is 0 Å². The van der Waals surface area contributed by atoms with E-state index in [1.54, 1.807) is 7.11 Å². The normalized spacial score (nSPS) is 15.0. The number of rotatable bonds is 6. The fraction of sp³-hybridized carbons (Fsp3) is 0.381. The Kier molecular flexibility index (Phi) is 5.14. The van der Waals surface area contributed by atoms with Crippen molar-refractivity contribution in [2.45, 2.75) is 19.3 Å². The van der Waals surface area contributed by atoms with Gasteiger partial charge in [0.15, 0.2) is 11.5 Å². The van der Waals surface area contributed by atoms with Gasteiger partial charge < -0.3 is 14.4 Å². The Morgan fingerprint density at radius 3 is 2.65 bits per heavy atom. The number of methoxy groups -OCH3 is 1. The summed E-state index contributed by atoms with van der Waals surface area (Å²) < 4.78 is 11.5. The van der Waals surface area contributed by atoms with Crippen LogP contribution in [0.1, 0.15) is 19.3 Å². The summed E-state index contributed by atoms with van der Waals surface area (Å²) >= 11 is 6.61. The quantitative estimate of drug-likeness (QED) is 0.456. The van der Waals surface area contributed by atoms with Crippen LogP contribution in [0.25, 0.3) is 21.8 Å². The molecule has 1 saturated heterocycles. The van der Waals surface area contributed by atoms with Crippen LogP contribution in [0, 0.1) is 0 Å². The topological polar surface area (TPSA) is 34.6 Å². The molecule has 1 aliphatic rings. The largest absolute Gasteiger partial charge is 0.493 e. The molecule has 0 amide bonds. The average Bonchev–Trinajstić information content (AvgIpc) is 3.18. The number of para-hydroxylation sites is 1. The molecular weight excluding hydrogens is 348 g/mol. The Hall–Kier alpha value is -2.04. The van der Waals surface area contributed by atoms with E-state index in [2.05, 4.69) is 4.90 Å². The maximum atomic E-state index is 6.61. The third-order valence-corrected chi connectivity index (χ3v) is 5.38. The van der Waals surface area contributed by atoms with Crippen molar-refractivity contribution < 1.29 is 9.47 Å². The molecule has 4 nitrogen and oxygen atoms in total. The molecule has 0 saturated carbocycles. The van der Waals surface area contributed by atoms with Crippen molar-refractivity contribution in [2.75, 3.05) is 33.4 Å². The lowest BCUT2D eigenvalue weighted by atomic mass is 10.1. The zero-order valence-corrected chi connectivity index (χ0v) is 15.8. The highest BCUT2D eigenvalue weighted by Gasteiger charge is 2.14. The van der Waals surface area contributed by atoms with E-state index in [4.69, 9.17) is 26.1 Å². The van der Waals surface area contributed by atoms with E-state index in [1.165, 1.54) is 25.9 Å². The summed E-state index contributed by atoms with van der Waals surface area (Å²) in [6, 6.07) is 11.8. The van der Waals surface area contributed by atoms with E-state index in [9.17, 15) is 0 Å². The van der Waals surface area contributed by atoms with Crippen LogP contribution in [0.3, 0.4) is 0 Å². The highest BCUT2D eigenvalue weighted by molar-refractivity contribution is 6.40. The Morgan fingerprint density at radius 2 is 1.85 bits per heavy atom. The number of hydrogen-bond acceptors (Lipinski definition) is 4. The van der Waals surface area contributed by atoms with Crippen LogP contribution in [0.15, 0.2) is 36.4 Å². The van der Waals surface area contributed by atoms with Gasteiger partial charge in [-0.25, -0.2) is 4.98 Å². The molecule has 2 heterocycles. The maximum absolute atomic E-state index is 6.61. The Morgan fingerprint density at radius 1 is 1.04 bits per heavy atom. The zero-order valence-electron chi connectivity index (χ0n) is 15.0. The monoisotopic (exact) mass is 370 g/mol. The summed E-state index contributed by atoms with van der Waals surface area (Å²) in [5, 5.41) is 2.53. The highest BCUT2D eigenvalue weighted by atomic mass is 35.5. The van der Waals surface area contributed by atoms with Gasteiger partial charge in [-0.15, -0.1) is 0 Å². The van der Waals surface area contributed by atoms with Gasteiger partial charge in [-0.05, 0) is 44.5 Å². The average molecular weight is 371 g/mol. The highest BCUT2D eigenvalue weighted by Crippen LogP contribution is 2.37. The molecule has 0 atom stereocenters. The van der Waals surface area contributed by atoms with Gasteiger partial charge in [0.05, 0.1) is 29.8 Å². The number of hydrogen-bond donors (Lipinski definition) is 0. The van der Waals surface area contributed by atoms with Crippen molar-refractivity contribution in [2.24, 2.45) is 0 Å². The fourth-order valence-corrected chi connectivity index (χ4v) is 3.91. The minimum atomic E-state index is 0.666. The van der Waals surface area contributed by atoms with Gasteiger partial charge in [-0.2, -0.15) is 0 Å². The molecule has 0 bridgehead atoms. The van der Waals surface area contributed by atoms with Crippen LogP contribution in [-0.4, -0.2) is 43.2 Å². The first-order valence-electron chi connectivity index (χ1n) is 9.17. The molecule has 0 spiro atoms. The molecule has 26 heavy (non-hydrogen) atoms. The maximum Gasteiger partial charge on any atom is 0.163 e. The summed E-state index contributed by atoms with van der Waals surface area (Å²) in [5.41, 5.74) is 1.71. The second-order valence-electron chi connectivity index (χ2n) is 6.71. The van der Waals surface area contributed by atoms with Gasteiger partial charge in [0, 0.05) is 23.4 Å². The minimum Gasteiger partial charge on any atom is -0.493 e. The first-order chi connectivity index (χ1) is 12.8. The molecule has 1 aromatic heterocycles. The number of ether oxygens (including phenoxy) is 2. The van der Waals surface area contributed by atoms with Crippen LogP contribution < -0.4 is 9.47 Å². The summed E-state index contributed by atoms with van der Waals surface area (Å²) in [7, 11) is 1.65. The van der Waals surface area contributed by atoms with E-state index in [0.717, 1.165) is 40.5 Å². The van der Waals surface area contributed by atoms with Crippen molar-refractivity contribution in [1.82, 2.24) is 9.88 Å². The first kappa shape index (κ1) is 17.4. The SMILES string of the molecule is COc1cc2c(Cl)c3ccccc3nc2cc1OCCCN1CCCC1. The lowest BCUT2D eigenvalue weighted by Gasteiger charge is -2.16. The molecule has 2 aromatic carbocycles. The summed E-state index contributed by atoms with van der Waals surface area (Å²) in [5.74, 6) is 1.41. The Bertz CT molecular complexity index is 923. The number of halogens is 1. The smallest absolute Gasteiger partial charge is 0.163 e. The van der Waals surface area contributed by atoms with E-state index >= 15 is 0 Å². The lowest BCUT2D eigenvalue weighted by Crippen LogP contribution is -2.21. The molecule has 1 fully saturated rings. The van der Waals surface area contributed by atoms with Gasteiger partial charge in [-0.3, -0.25) is 0 Å². The van der Waals surface area contributed by atoms with Crippen molar-refractivity contribution in [3.63, 3.8) is 0 Å². The molecule has 0 radical (unpaired) electrons. The predicted octanol–water partition coefficient (Wildman–Crippen LogP) is 4.91. The lowest BCUT2D eigenvalue weighted by molar-refractivity contribution is 0.254. The summed E-state index contributed by atoms with van der Waals surface area (Å²) in [4.78, 5) is 7.23. The van der Waals surface area contributed by atoms with Gasteiger partial charge in [0.25, 0.3) is 0 Å². The number of nitrogens with zero attached hydrogens (tertiary/aromatic N) is 2. The zero-order chi connectivity index (χ0) is 17.9. The van der Waals surface area contributed by atoms with E-state index in [1.807, 2.05) is 36.4 Å². The van der Waals surface area contributed by atoms with Gasteiger partial charge in [-0.1, -0.05) is 29.8 Å². The molecular formula is C21H23ClN2O2. The van der Waals surface area contributed by atoms with E-state index in [-0.39, 0.29) is 0 Å². The Labute approximate surface area is 158 Å². The standard InChI is InChI=1S/C21H23ClN2O2/c1-25-19-13-16-18(23-17-8-3-2-7-15(17)21(16)22)14-20(19)26-12-6-11-24-9-4-5-10-24/h2-3,7-8,13-14H,4-6,9-12H2,1H3. The molecule has 4 rings (SSSR count). The molecule has 3 aromatic rings. The Balaban J connectivity index is 1.58.